The standard InChI is InChI=1S/C11H15F2N3O2/c1-6(2)18-11(17)9-8(10(12)13)15-7-5-14-3-4-16(7)9/h6,10,14H,3-5H2,1-2H3. The zero-order valence-corrected chi connectivity index (χ0v) is 10.2. The van der Waals surface area contributed by atoms with Crippen LogP contribution in [0.25, 0.3) is 0 Å². The molecule has 0 bridgehead atoms. The zero-order chi connectivity index (χ0) is 13.3. The van der Waals surface area contributed by atoms with E-state index in [0.29, 0.717) is 25.5 Å². The lowest BCUT2D eigenvalue weighted by Gasteiger charge is -2.17. The van der Waals surface area contributed by atoms with Gasteiger partial charge >= 0.3 is 5.97 Å². The third kappa shape index (κ3) is 2.35. The van der Waals surface area contributed by atoms with Gasteiger partial charge in [-0.3, -0.25) is 0 Å². The van der Waals surface area contributed by atoms with E-state index < -0.39 is 18.1 Å². The minimum Gasteiger partial charge on any atom is -0.458 e. The number of carbonyl (C=O) groups excluding carboxylic acids is 1. The highest BCUT2D eigenvalue weighted by Crippen LogP contribution is 2.25. The first-order valence-corrected chi connectivity index (χ1v) is 5.80. The number of halogens is 2. The Morgan fingerprint density at radius 2 is 2.22 bits per heavy atom. The molecule has 2 heterocycles. The number of imidazole rings is 1. The SMILES string of the molecule is CC(C)OC(=O)c1c(C(F)F)nc2n1CCNC2. The van der Waals surface area contributed by atoms with E-state index in [1.165, 1.54) is 4.57 Å². The minimum atomic E-state index is -2.78. The molecule has 1 N–H and O–H groups in total. The molecule has 5 nitrogen and oxygen atoms in total. The van der Waals surface area contributed by atoms with Crippen LogP contribution in [0, 0.1) is 0 Å². The molecule has 7 heteroatoms. The molecule has 0 spiro atoms. The third-order valence-corrected chi connectivity index (χ3v) is 2.61. The van der Waals surface area contributed by atoms with Crippen molar-refractivity contribution in [3.8, 4) is 0 Å². The number of fused-ring (bicyclic) bond motifs is 1. The molecule has 0 radical (unpaired) electrons. The number of hydrogen-bond acceptors (Lipinski definition) is 4. The molecule has 1 aromatic rings. The Kier molecular flexibility index (Phi) is 3.60. The third-order valence-electron chi connectivity index (χ3n) is 2.61. The topological polar surface area (TPSA) is 56.1 Å². The summed E-state index contributed by atoms with van der Waals surface area (Å²) >= 11 is 0. The van der Waals surface area contributed by atoms with E-state index in [2.05, 4.69) is 10.3 Å². The molecule has 1 aliphatic rings. The second-order valence-electron chi connectivity index (χ2n) is 4.35. The average molecular weight is 259 g/mol. The molecule has 0 fully saturated rings. The maximum atomic E-state index is 12.9. The molecule has 0 unspecified atom stereocenters. The summed E-state index contributed by atoms with van der Waals surface area (Å²) in [7, 11) is 0. The highest BCUT2D eigenvalue weighted by molar-refractivity contribution is 5.89. The molecule has 1 aliphatic heterocycles. The zero-order valence-electron chi connectivity index (χ0n) is 10.2. The van der Waals surface area contributed by atoms with Crippen molar-refractivity contribution >= 4 is 5.97 Å². The van der Waals surface area contributed by atoms with Gasteiger partial charge in [0.2, 0.25) is 0 Å². The molecule has 0 aliphatic carbocycles. The van der Waals surface area contributed by atoms with Gasteiger partial charge in [0.05, 0.1) is 12.6 Å². The largest absolute Gasteiger partial charge is 0.458 e. The lowest BCUT2D eigenvalue weighted by molar-refractivity contribution is 0.0353. The monoisotopic (exact) mass is 259 g/mol. The minimum absolute atomic E-state index is 0.116. The number of ether oxygens (including phenoxy) is 1. The van der Waals surface area contributed by atoms with Gasteiger partial charge in [-0.1, -0.05) is 0 Å². The molecule has 0 saturated carbocycles. The van der Waals surface area contributed by atoms with Gasteiger partial charge in [-0.15, -0.1) is 0 Å². The van der Waals surface area contributed by atoms with Crippen molar-refractivity contribution in [3.63, 3.8) is 0 Å². The van der Waals surface area contributed by atoms with Crippen LogP contribution in [0.15, 0.2) is 0 Å². The molecule has 2 rings (SSSR count). The first kappa shape index (κ1) is 12.9. The molecular formula is C11H15F2N3O2. The van der Waals surface area contributed by atoms with Gasteiger partial charge in [0.1, 0.15) is 11.5 Å². The number of alkyl halides is 2. The number of hydrogen-bond donors (Lipinski definition) is 1. The Morgan fingerprint density at radius 1 is 1.50 bits per heavy atom. The fourth-order valence-corrected chi connectivity index (χ4v) is 1.92. The van der Waals surface area contributed by atoms with Crippen LogP contribution < -0.4 is 5.32 Å². The normalized spacial score (nSPS) is 15.0. The first-order valence-electron chi connectivity index (χ1n) is 5.80. The van der Waals surface area contributed by atoms with Gasteiger partial charge in [0.25, 0.3) is 6.43 Å². The van der Waals surface area contributed by atoms with Gasteiger partial charge in [-0.2, -0.15) is 0 Å². The smallest absolute Gasteiger partial charge is 0.357 e. The van der Waals surface area contributed by atoms with Crippen LogP contribution >= 0.6 is 0 Å². The van der Waals surface area contributed by atoms with Gasteiger partial charge in [-0.05, 0) is 13.8 Å². The maximum absolute atomic E-state index is 12.9. The van der Waals surface area contributed by atoms with E-state index in [4.69, 9.17) is 4.74 Å². The van der Waals surface area contributed by atoms with Gasteiger partial charge in [0, 0.05) is 13.1 Å². The second-order valence-corrected chi connectivity index (χ2v) is 4.35. The number of nitrogens with zero attached hydrogens (tertiary/aromatic N) is 2. The summed E-state index contributed by atoms with van der Waals surface area (Å²) in [5.74, 6) is -0.284. The van der Waals surface area contributed by atoms with Gasteiger partial charge < -0.3 is 14.6 Å². The van der Waals surface area contributed by atoms with E-state index in [-0.39, 0.29) is 11.8 Å². The lowest BCUT2D eigenvalue weighted by atomic mass is 10.3. The molecule has 1 aromatic heterocycles. The highest BCUT2D eigenvalue weighted by Gasteiger charge is 2.30. The molecule has 0 atom stereocenters. The predicted octanol–water partition coefficient (Wildman–Crippen LogP) is 1.49. The summed E-state index contributed by atoms with van der Waals surface area (Å²) in [5.41, 5.74) is -0.602. The predicted molar refractivity (Wildman–Crippen MR) is 59.4 cm³/mol. The molecular weight excluding hydrogens is 244 g/mol. The van der Waals surface area contributed by atoms with E-state index in [0.717, 1.165) is 0 Å². The van der Waals surface area contributed by atoms with Crippen LogP contribution in [-0.4, -0.2) is 28.2 Å². The molecule has 18 heavy (non-hydrogen) atoms. The maximum Gasteiger partial charge on any atom is 0.357 e. The van der Waals surface area contributed by atoms with Crippen LogP contribution in [0.1, 0.15) is 42.3 Å². The number of rotatable bonds is 3. The first-order chi connectivity index (χ1) is 8.50. The second kappa shape index (κ2) is 5.01. The summed E-state index contributed by atoms with van der Waals surface area (Å²) in [6.45, 7) is 4.80. The van der Waals surface area contributed by atoms with Crippen LogP contribution in [0.3, 0.4) is 0 Å². The highest BCUT2D eigenvalue weighted by atomic mass is 19.3. The Morgan fingerprint density at radius 3 is 2.83 bits per heavy atom. The summed E-state index contributed by atoms with van der Waals surface area (Å²) in [6, 6.07) is 0. The van der Waals surface area contributed by atoms with Gasteiger partial charge in [0.15, 0.2) is 5.69 Å². The fourth-order valence-electron chi connectivity index (χ4n) is 1.92. The Bertz CT molecular complexity index is 457. The Labute approximate surface area is 103 Å². The number of aromatic nitrogens is 2. The van der Waals surface area contributed by atoms with Crippen molar-refractivity contribution in [3.05, 3.63) is 17.2 Å². The van der Waals surface area contributed by atoms with Crippen molar-refractivity contribution in [2.45, 2.75) is 39.5 Å². The fraction of sp³-hybridized carbons (Fsp3) is 0.636. The van der Waals surface area contributed by atoms with Crippen LogP contribution in [0.2, 0.25) is 0 Å². The molecule has 0 saturated heterocycles. The van der Waals surface area contributed by atoms with Crippen molar-refractivity contribution in [1.82, 2.24) is 14.9 Å². The van der Waals surface area contributed by atoms with Crippen LogP contribution in [-0.2, 0) is 17.8 Å². The molecule has 100 valence electrons. The van der Waals surface area contributed by atoms with E-state index >= 15 is 0 Å². The quantitative estimate of drug-likeness (QED) is 0.835. The van der Waals surface area contributed by atoms with E-state index in [1.807, 2.05) is 0 Å². The van der Waals surface area contributed by atoms with Gasteiger partial charge in [-0.25, -0.2) is 18.6 Å². The molecule has 0 amide bonds. The van der Waals surface area contributed by atoms with Crippen molar-refractivity contribution in [1.29, 1.82) is 0 Å². The van der Waals surface area contributed by atoms with Crippen LogP contribution in [0.4, 0.5) is 8.78 Å². The molecule has 0 aromatic carbocycles. The van der Waals surface area contributed by atoms with Crippen molar-refractivity contribution in [2.24, 2.45) is 0 Å². The number of carbonyl (C=O) groups is 1. The van der Waals surface area contributed by atoms with Crippen LogP contribution in [0.5, 0.6) is 0 Å². The lowest BCUT2D eigenvalue weighted by Crippen LogP contribution is -2.30. The Balaban J connectivity index is 2.42. The summed E-state index contributed by atoms with van der Waals surface area (Å²) in [6.07, 6.45) is -3.13. The van der Waals surface area contributed by atoms with E-state index in [1.54, 1.807) is 13.8 Å². The van der Waals surface area contributed by atoms with E-state index in [9.17, 15) is 13.6 Å². The summed E-state index contributed by atoms with van der Waals surface area (Å²) in [5, 5.41) is 3.02. The van der Waals surface area contributed by atoms with Crippen molar-refractivity contribution < 1.29 is 18.3 Å². The number of nitrogens with one attached hydrogen (secondary N) is 1. The average Bonchev–Trinajstić information content (AvgIpc) is 2.67. The van der Waals surface area contributed by atoms with Crippen molar-refractivity contribution in [2.75, 3.05) is 6.54 Å². The summed E-state index contributed by atoms with van der Waals surface area (Å²) in [4.78, 5) is 15.7. The number of esters is 1. The summed E-state index contributed by atoms with van der Waals surface area (Å²) < 4.78 is 32.3. The Hall–Kier alpha value is -1.50.